The second-order valence-corrected chi connectivity index (χ2v) is 6.16. The molecule has 0 saturated carbocycles. The minimum atomic E-state index is 0.649. The molecule has 2 aromatic rings. The summed E-state index contributed by atoms with van der Waals surface area (Å²) in [7, 11) is 1.92. The Morgan fingerprint density at radius 1 is 1.20 bits per heavy atom. The van der Waals surface area contributed by atoms with Crippen molar-refractivity contribution in [2.75, 3.05) is 6.61 Å². The van der Waals surface area contributed by atoms with Crippen molar-refractivity contribution in [1.29, 1.82) is 0 Å². The van der Waals surface area contributed by atoms with E-state index >= 15 is 0 Å². The van der Waals surface area contributed by atoms with Crippen molar-refractivity contribution in [2.24, 2.45) is 7.05 Å². The average Bonchev–Trinajstić information content (AvgIpc) is 2.80. The topological polar surface area (TPSA) is 39.1 Å². The first-order valence-electron chi connectivity index (χ1n) is 6.39. The van der Waals surface area contributed by atoms with Gasteiger partial charge in [0.2, 0.25) is 0 Å². The van der Waals surface area contributed by atoms with Gasteiger partial charge in [0.25, 0.3) is 0 Å². The molecule has 0 aliphatic carbocycles. The van der Waals surface area contributed by atoms with Gasteiger partial charge < -0.3 is 10.1 Å². The fourth-order valence-corrected chi connectivity index (χ4v) is 3.42. The summed E-state index contributed by atoms with van der Waals surface area (Å²) in [6.07, 6.45) is 3.88. The normalized spacial score (nSPS) is 10.8. The number of benzene rings is 1. The lowest BCUT2D eigenvalue weighted by molar-refractivity contribution is 0.336. The molecule has 6 heteroatoms. The number of hydrogen-bond donors (Lipinski definition) is 1. The predicted molar refractivity (Wildman–Crippen MR) is 86.8 cm³/mol. The van der Waals surface area contributed by atoms with Crippen LogP contribution in [0.15, 0.2) is 33.5 Å². The lowest BCUT2D eigenvalue weighted by Crippen LogP contribution is -2.12. The van der Waals surface area contributed by atoms with Crippen molar-refractivity contribution in [2.45, 2.75) is 20.0 Å². The van der Waals surface area contributed by atoms with Gasteiger partial charge in [-0.25, -0.2) is 0 Å². The van der Waals surface area contributed by atoms with Gasteiger partial charge in [0.1, 0.15) is 5.75 Å². The number of aryl methyl sites for hydroxylation is 1. The predicted octanol–water partition coefficient (Wildman–Crippen LogP) is 3.63. The molecular formula is C14H17Br2N3O. The largest absolute Gasteiger partial charge is 0.492 e. The Kier molecular flexibility index (Phi) is 5.63. The van der Waals surface area contributed by atoms with Gasteiger partial charge in [-0.1, -0.05) is 0 Å². The summed E-state index contributed by atoms with van der Waals surface area (Å²) >= 11 is 7.09. The molecule has 4 nitrogen and oxygen atoms in total. The van der Waals surface area contributed by atoms with Crippen molar-refractivity contribution in [3.8, 4) is 5.75 Å². The highest BCUT2D eigenvalue weighted by molar-refractivity contribution is 9.11. The molecule has 108 valence electrons. The smallest absolute Gasteiger partial charge is 0.147 e. The molecule has 0 spiro atoms. The number of halogens is 2. The van der Waals surface area contributed by atoms with Gasteiger partial charge in [-0.3, -0.25) is 4.68 Å². The quantitative estimate of drug-likeness (QED) is 0.801. The number of hydrogen-bond acceptors (Lipinski definition) is 3. The van der Waals surface area contributed by atoms with Gasteiger partial charge in [0.05, 0.1) is 21.7 Å². The lowest BCUT2D eigenvalue weighted by atomic mass is 10.2. The van der Waals surface area contributed by atoms with E-state index in [-0.39, 0.29) is 0 Å². The molecule has 1 heterocycles. The van der Waals surface area contributed by atoms with E-state index in [4.69, 9.17) is 4.74 Å². The van der Waals surface area contributed by atoms with E-state index < -0.39 is 0 Å². The summed E-state index contributed by atoms with van der Waals surface area (Å²) < 4.78 is 9.31. The molecule has 1 N–H and O–H groups in total. The highest BCUT2D eigenvalue weighted by Gasteiger charge is 2.08. The first-order valence-corrected chi connectivity index (χ1v) is 7.97. The summed E-state index contributed by atoms with van der Waals surface area (Å²) in [5.74, 6) is 0.850. The molecule has 0 atom stereocenters. The third kappa shape index (κ3) is 4.07. The van der Waals surface area contributed by atoms with Crippen LogP contribution < -0.4 is 10.1 Å². The molecule has 0 bridgehead atoms. The zero-order valence-electron chi connectivity index (χ0n) is 11.5. The molecule has 0 fully saturated rings. The maximum Gasteiger partial charge on any atom is 0.147 e. The summed E-state index contributed by atoms with van der Waals surface area (Å²) in [4.78, 5) is 0. The molecule has 0 aliphatic heterocycles. The Morgan fingerprint density at radius 3 is 2.40 bits per heavy atom. The second kappa shape index (κ2) is 7.24. The molecular weight excluding hydrogens is 386 g/mol. The number of nitrogens with zero attached hydrogens (tertiary/aromatic N) is 2. The molecule has 0 amide bonds. The maximum absolute atomic E-state index is 5.57. The molecule has 20 heavy (non-hydrogen) atoms. The Bertz CT molecular complexity index is 561. The zero-order valence-corrected chi connectivity index (χ0v) is 14.7. The van der Waals surface area contributed by atoms with E-state index in [1.807, 2.05) is 26.4 Å². The van der Waals surface area contributed by atoms with Crippen LogP contribution in [0.4, 0.5) is 0 Å². The van der Waals surface area contributed by atoms with Crippen LogP contribution in [0.5, 0.6) is 5.75 Å². The minimum absolute atomic E-state index is 0.649. The SMILES string of the molecule is CCOc1c(Br)cc(CNCc2cnn(C)c2)cc1Br. The number of ether oxygens (including phenoxy) is 1. The van der Waals surface area contributed by atoms with Crippen LogP contribution in [0.1, 0.15) is 18.1 Å². The van der Waals surface area contributed by atoms with Crippen LogP contribution in [-0.2, 0) is 20.1 Å². The number of rotatable bonds is 6. The summed E-state index contributed by atoms with van der Waals surface area (Å²) in [5, 5.41) is 7.55. The molecule has 1 aromatic carbocycles. The molecule has 0 aliphatic rings. The summed E-state index contributed by atoms with van der Waals surface area (Å²) in [5.41, 5.74) is 2.37. The highest BCUT2D eigenvalue weighted by Crippen LogP contribution is 2.34. The molecule has 2 rings (SSSR count). The maximum atomic E-state index is 5.57. The van der Waals surface area contributed by atoms with E-state index in [2.05, 4.69) is 54.4 Å². The second-order valence-electron chi connectivity index (χ2n) is 4.45. The Balaban J connectivity index is 1.96. The monoisotopic (exact) mass is 401 g/mol. The van der Waals surface area contributed by atoms with Crippen LogP contribution in [0.2, 0.25) is 0 Å². The minimum Gasteiger partial charge on any atom is -0.492 e. The first kappa shape index (κ1) is 15.5. The van der Waals surface area contributed by atoms with Gasteiger partial charge in [0.15, 0.2) is 0 Å². The van der Waals surface area contributed by atoms with E-state index in [9.17, 15) is 0 Å². The summed E-state index contributed by atoms with van der Waals surface area (Å²) in [6.45, 7) is 4.22. The van der Waals surface area contributed by atoms with Crippen LogP contribution in [-0.4, -0.2) is 16.4 Å². The zero-order chi connectivity index (χ0) is 14.5. The Labute approximate surface area is 135 Å². The molecule has 0 unspecified atom stereocenters. The van der Waals surface area contributed by atoms with Crippen molar-refractivity contribution in [1.82, 2.24) is 15.1 Å². The molecule has 0 radical (unpaired) electrons. The van der Waals surface area contributed by atoms with E-state index in [0.29, 0.717) is 6.61 Å². The van der Waals surface area contributed by atoms with Crippen molar-refractivity contribution < 1.29 is 4.74 Å². The molecule has 1 aromatic heterocycles. The van der Waals surface area contributed by atoms with Gasteiger partial charge in [-0.05, 0) is 56.5 Å². The van der Waals surface area contributed by atoms with Crippen LogP contribution >= 0.6 is 31.9 Å². The van der Waals surface area contributed by atoms with E-state index in [1.165, 1.54) is 11.1 Å². The fraction of sp³-hybridized carbons (Fsp3) is 0.357. The summed E-state index contributed by atoms with van der Waals surface area (Å²) in [6, 6.07) is 4.15. The van der Waals surface area contributed by atoms with Crippen molar-refractivity contribution in [3.05, 3.63) is 44.6 Å². The Hall–Kier alpha value is -0.850. The van der Waals surface area contributed by atoms with Crippen LogP contribution in [0, 0.1) is 0 Å². The van der Waals surface area contributed by atoms with Crippen LogP contribution in [0.25, 0.3) is 0 Å². The van der Waals surface area contributed by atoms with Gasteiger partial charge in [-0.15, -0.1) is 0 Å². The van der Waals surface area contributed by atoms with E-state index in [1.54, 1.807) is 4.68 Å². The van der Waals surface area contributed by atoms with E-state index in [0.717, 1.165) is 27.8 Å². The third-order valence-corrected chi connectivity index (χ3v) is 3.94. The van der Waals surface area contributed by atoms with Crippen molar-refractivity contribution in [3.63, 3.8) is 0 Å². The van der Waals surface area contributed by atoms with Crippen LogP contribution in [0.3, 0.4) is 0 Å². The highest BCUT2D eigenvalue weighted by atomic mass is 79.9. The third-order valence-electron chi connectivity index (χ3n) is 2.76. The van der Waals surface area contributed by atoms with Gasteiger partial charge in [-0.2, -0.15) is 5.10 Å². The Morgan fingerprint density at radius 2 is 1.85 bits per heavy atom. The first-order chi connectivity index (χ1) is 9.60. The molecule has 0 saturated heterocycles. The lowest BCUT2D eigenvalue weighted by Gasteiger charge is -2.11. The standard InChI is InChI=1S/C14H17Br2N3O/c1-3-20-14-12(15)4-10(5-13(14)16)6-17-7-11-8-18-19(2)9-11/h4-5,8-9,17H,3,6-7H2,1-2H3. The van der Waals surface area contributed by atoms with Gasteiger partial charge >= 0.3 is 0 Å². The average molecular weight is 403 g/mol. The number of aromatic nitrogens is 2. The van der Waals surface area contributed by atoms with Gasteiger partial charge in [0, 0.05) is 31.9 Å². The number of nitrogens with one attached hydrogen (secondary N) is 1. The fourth-order valence-electron chi connectivity index (χ4n) is 1.91. The van der Waals surface area contributed by atoms with Crippen molar-refractivity contribution >= 4 is 31.9 Å².